The molecule has 2 aromatic rings. The second-order valence-electron chi connectivity index (χ2n) is 16.2. The number of alkyl carbamates (subject to hydrolysis) is 2. The Morgan fingerprint density at radius 3 is 1.82 bits per heavy atom. The van der Waals surface area contributed by atoms with E-state index in [9.17, 15) is 19.5 Å². The Balaban J connectivity index is 2.44. The van der Waals surface area contributed by atoms with Gasteiger partial charge in [0.2, 0.25) is 8.32 Å². The number of hydrazine groups is 1. The van der Waals surface area contributed by atoms with Crippen molar-refractivity contribution in [3.63, 3.8) is 0 Å². The quantitative estimate of drug-likeness (QED) is 0.133. The smallest absolute Gasteiger partial charge is 0.407 e. The number of nitrogens with one attached hydrogen (secondary N) is 3. The number of nitrogens with zero attached hydrogens (tertiary/aromatic N) is 1. The van der Waals surface area contributed by atoms with Gasteiger partial charge in [-0.3, -0.25) is 10.2 Å². The minimum atomic E-state index is -2.06. The highest BCUT2D eigenvalue weighted by atomic mass is 28.4. The van der Waals surface area contributed by atoms with Gasteiger partial charge in [-0.2, -0.15) is 0 Å². The molecule has 12 nitrogen and oxygen atoms in total. The van der Waals surface area contributed by atoms with Crippen LogP contribution in [0.25, 0.3) is 0 Å². The van der Waals surface area contributed by atoms with Crippen molar-refractivity contribution in [2.45, 2.75) is 117 Å². The Kier molecular flexibility index (Phi) is 14.7. The average molecular weight is 717 g/mol. The highest BCUT2D eigenvalue weighted by Gasteiger charge is 2.39. The van der Waals surface area contributed by atoms with Crippen molar-refractivity contribution in [2.24, 2.45) is 5.41 Å². The third-order valence-corrected chi connectivity index (χ3v) is 12.9. The first-order valence-corrected chi connectivity index (χ1v) is 19.8. The van der Waals surface area contributed by atoms with E-state index >= 15 is 0 Å². The number of benzene rings is 2. The molecule has 0 aromatic heterocycles. The Hall–Kier alpha value is -3.81. The minimum Gasteiger partial charge on any atom is -0.544 e. The zero-order valence-corrected chi connectivity index (χ0v) is 33.2. The van der Waals surface area contributed by atoms with E-state index in [2.05, 4.69) is 49.9 Å². The molecule has 13 heteroatoms. The number of rotatable bonds is 14. The van der Waals surface area contributed by atoms with Crippen molar-refractivity contribution in [1.29, 1.82) is 0 Å². The van der Waals surface area contributed by atoms with Gasteiger partial charge in [-0.05, 0) is 86.1 Å². The van der Waals surface area contributed by atoms with Gasteiger partial charge in [-0.25, -0.2) is 14.6 Å². The van der Waals surface area contributed by atoms with E-state index in [-0.39, 0.29) is 24.5 Å². The molecule has 0 aliphatic carbocycles. The summed E-state index contributed by atoms with van der Waals surface area (Å²) in [6.45, 7) is 21.8. The van der Waals surface area contributed by atoms with Crippen molar-refractivity contribution in [3.8, 4) is 11.5 Å². The minimum absolute atomic E-state index is 0.0282. The lowest BCUT2D eigenvalue weighted by Crippen LogP contribution is -2.59. The fourth-order valence-electron chi connectivity index (χ4n) is 4.66. The van der Waals surface area contributed by atoms with E-state index in [1.54, 1.807) is 45.0 Å². The third kappa shape index (κ3) is 13.8. The van der Waals surface area contributed by atoms with Crippen molar-refractivity contribution in [2.75, 3.05) is 20.8 Å². The molecule has 0 aliphatic rings. The Morgan fingerprint density at radius 1 is 0.800 bits per heavy atom. The molecule has 2 rings (SSSR count). The molecular weight excluding hydrogens is 657 g/mol. The summed E-state index contributed by atoms with van der Waals surface area (Å²) in [5.74, 6) is 0.932. The van der Waals surface area contributed by atoms with Crippen LogP contribution in [0.2, 0.25) is 18.1 Å². The summed E-state index contributed by atoms with van der Waals surface area (Å²) in [6.07, 6.45) is -2.34. The van der Waals surface area contributed by atoms with Gasteiger partial charge in [0, 0.05) is 13.1 Å². The molecule has 0 fully saturated rings. The fourth-order valence-corrected chi connectivity index (χ4v) is 5.70. The van der Waals surface area contributed by atoms with Crippen molar-refractivity contribution in [1.82, 2.24) is 21.1 Å². The summed E-state index contributed by atoms with van der Waals surface area (Å²) in [5, 5.41) is 18.8. The topological polar surface area (TPSA) is 148 Å². The van der Waals surface area contributed by atoms with E-state index in [1.807, 2.05) is 57.2 Å². The van der Waals surface area contributed by atoms with Gasteiger partial charge in [0.1, 0.15) is 23.1 Å². The second kappa shape index (κ2) is 17.4. The number of methoxy groups -OCH3 is 2. The van der Waals surface area contributed by atoms with Crippen molar-refractivity contribution < 1.29 is 38.1 Å². The lowest BCUT2D eigenvalue weighted by Gasteiger charge is -2.36. The van der Waals surface area contributed by atoms with Gasteiger partial charge in [0.15, 0.2) is 0 Å². The van der Waals surface area contributed by atoms with Gasteiger partial charge in [0.25, 0.3) is 5.91 Å². The summed E-state index contributed by atoms with van der Waals surface area (Å²) in [7, 11) is 0.747. The largest absolute Gasteiger partial charge is 0.544 e. The van der Waals surface area contributed by atoms with Gasteiger partial charge >= 0.3 is 12.2 Å². The fraction of sp³-hybridized carbons (Fsp3) is 0.595. The third-order valence-electron chi connectivity index (χ3n) is 8.51. The Labute approximate surface area is 299 Å². The lowest BCUT2D eigenvalue weighted by atomic mass is 9.86. The normalized spacial score (nSPS) is 14.2. The molecule has 0 saturated carbocycles. The molecule has 2 aromatic carbocycles. The lowest BCUT2D eigenvalue weighted by molar-refractivity contribution is -0.131. The molecule has 0 heterocycles. The van der Waals surface area contributed by atoms with Crippen LogP contribution in [0, 0.1) is 5.41 Å². The van der Waals surface area contributed by atoms with Crippen LogP contribution in [0.1, 0.15) is 73.4 Å². The first-order valence-electron chi connectivity index (χ1n) is 16.9. The number of carbonyl (C=O) groups is 3. The van der Waals surface area contributed by atoms with Crippen molar-refractivity contribution >= 4 is 26.4 Å². The molecule has 280 valence electrons. The number of hydrogen-bond acceptors (Lipinski definition) is 9. The molecular formula is C37H60N4O8Si. The highest BCUT2D eigenvalue weighted by Crippen LogP contribution is 2.37. The number of amides is 3. The molecule has 0 bridgehead atoms. The number of carbonyl (C=O) groups excluding carboxylic acids is 3. The standard InChI is InChI=1S/C37H60N4O8Si/c1-35(2,3)31(39-33(44)47-11)32(43)40-41(23-26-16-20-28(21-17-26)49-50(12,13)37(7,8)9)24-30(42)29(38-34(45)48-36(4,5)6)22-25-14-18-27(46-10)19-15-25/h14-21,29-31,42H,22-24H2,1-13H3,(H,38,45)(H,39,44)(H,40,43)/t29-,30-,31?/m0/s1. The molecule has 50 heavy (non-hydrogen) atoms. The number of hydrogen-bond donors (Lipinski definition) is 4. The molecule has 0 spiro atoms. The van der Waals surface area contributed by atoms with Crippen LogP contribution in [0.5, 0.6) is 11.5 Å². The average Bonchev–Trinajstić information content (AvgIpc) is 2.98. The van der Waals surface area contributed by atoms with Crippen LogP contribution >= 0.6 is 0 Å². The summed E-state index contributed by atoms with van der Waals surface area (Å²) in [6, 6.07) is 13.2. The SMILES string of the molecule is COC(=O)NC(C(=O)NN(Cc1ccc(O[Si](C)(C)C(C)(C)C)cc1)C[C@H](O)[C@H](Cc1ccc(OC)cc1)NC(=O)OC(C)(C)C)C(C)(C)C. The molecule has 3 amide bonds. The Morgan fingerprint density at radius 2 is 1.34 bits per heavy atom. The van der Waals surface area contributed by atoms with E-state index in [4.69, 9.17) is 18.6 Å². The molecule has 0 saturated heterocycles. The van der Waals surface area contributed by atoms with Gasteiger partial charge in [-0.1, -0.05) is 65.8 Å². The molecule has 1 unspecified atom stereocenters. The number of aliphatic hydroxyl groups is 1. The zero-order chi connectivity index (χ0) is 38.1. The monoisotopic (exact) mass is 716 g/mol. The van der Waals surface area contributed by atoms with Crippen LogP contribution in [-0.2, 0) is 27.2 Å². The van der Waals surface area contributed by atoms with E-state index in [0.29, 0.717) is 5.75 Å². The maximum Gasteiger partial charge on any atom is 0.407 e. The summed E-state index contributed by atoms with van der Waals surface area (Å²) in [5.41, 5.74) is 3.15. The van der Waals surface area contributed by atoms with Crippen LogP contribution in [0.3, 0.4) is 0 Å². The predicted molar refractivity (Wildman–Crippen MR) is 197 cm³/mol. The van der Waals surface area contributed by atoms with Crippen LogP contribution in [-0.4, -0.2) is 81.1 Å². The van der Waals surface area contributed by atoms with Crippen LogP contribution in [0.15, 0.2) is 48.5 Å². The van der Waals surface area contributed by atoms with E-state index < -0.39 is 55.6 Å². The maximum atomic E-state index is 13.8. The van der Waals surface area contributed by atoms with Gasteiger partial charge < -0.3 is 34.4 Å². The van der Waals surface area contributed by atoms with Gasteiger partial charge in [-0.15, -0.1) is 0 Å². The number of aliphatic hydroxyl groups excluding tert-OH is 1. The summed E-state index contributed by atoms with van der Waals surface area (Å²) >= 11 is 0. The van der Waals surface area contributed by atoms with Crippen LogP contribution < -0.4 is 25.2 Å². The second-order valence-corrected chi connectivity index (χ2v) is 20.9. The predicted octanol–water partition coefficient (Wildman–Crippen LogP) is 6.18. The molecule has 0 aliphatic heterocycles. The first kappa shape index (κ1) is 42.4. The van der Waals surface area contributed by atoms with Gasteiger partial charge in [0.05, 0.1) is 26.4 Å². The number of ether oxygens (including phenoxy) is 3. The van der Waals surface area contributed by atoms with E-state index in [1.165, 1.54) is 7.11 Å². The highest BCUT2D eigenvalue weighted by molar-refractivity contribution is 6.74. The van der Waals surface area contributed by atoms with Crippen molar-refractivity contribution in [3.05, 3.63) is 59.7 Å². The summed E-state index contributed by atoms with van der Waals surface area (Å²) in [4.78, 5) is 38.9. The first-order chi connectivity index (χ1) is 22.9. The molecule has 3 atom stereocenters. The molecule has 0 radical (unpaired) electrons. The molecule has 4 N–H and O–H groups in total. The van der Waals surface area contributed by atoms with Crippen LogP contribution in [0.4, 0.5) is 9.59 Å². The van der Waals surface area contributed by atoms with E-state index in [0.717, 1.165) is 16.9 Å². The summed E-state index contributed by atoms with van der Waals surface area (Å²) < 4.78 is 22.0. The zero-order valence-electron chi connectivity index (χ0n) is 32.2. The maximum absolute atomic E-state index is 13.8. The Bertz CT molecular complexity index is 1400.